The van der Waals surface area contributed by atoms with Gasteiger partial charge < -0.3 is 9.88 Å². The standard InChI is InChI=1S/C29H38FN5OS/c1-18(2)29-33-32-20(4)35(29)25-16-23-10-11-24(17-25)34(23)14-13-26(27-12-5-19(3)37-27)31-28(36)15-21-6-8-22(30)9-7-21/h5-9,12,18,23-26H,10-11,13-17H2,1-4H3,(H,31,36)/t23?,24?,25?,26-/m0/s1. The SMILES string of the molecule is Cc1ccc([C@H](CCN2C3CCC2CC(n2c(C)nnc2C(C)C)C3)NC(=O)Cc2ccc(F)cc2)s1. The van der Waals surface area contributed by atoms with E-state index in [9.17, 15) is 9.18 Å². The van der Waals surface area contributed by atoms with Crippen molar-refractivity contribution in [1.82, 2.24) is 25.0 Å². The number of amides is 1. The van der Waals surface area contributed by atoms with E-state index in [1.807, 2.05) is 0 Å². The van der Waals surface area contributed by atoms with Crippen LogP contribution in [0, 0.1) is 19.7 Å². The Kier molecular flexibility index (Phi) is 7.77. The van der Waals surface area contributed by atoms with E-state index in [0.29, 0.717) is 24.0 Å². The highest BCUT2D eigenvalue weighted by Crippen LogP contribution is 2.42. The number of aromatic nitrogens is 3. The quantitative estimate of drug-likeness (QED) is 0.381. The van der Waals surface area contributed by atoms with Crippen LogP contribution >= 0.6 is 11.3 Å². The minimum absolute atomic E-state index is 0.0172. The van der Waals surface area contributed by atoms with Gasteiger partial charge in [-0.1, -0.05) is 26.0 Å². The predicted molar refractivity (Wildman–Crippen MR) is 145 cm³/mol. The first-order chi connectivity index (χ1) is 17.8. The lowest BCUT2D eigenvalue weighted by molar-refractivity contribution is -0.121. The smallest absolute Gasteiger partial charge is 0.224 e. The number of nitrogens with zero attached hydrogens (tertiary/aromatic N) is 4. The van der Waals surface area contributed by atoms with E-state index in [2.05, 4.69) is 64.8 Å². The van der Waals surface area contributed by atoms with Gasteiger partial charge in [0.2, 0.25) is 5.91 Å². The summed E-state index contributed by atoms with van der Waals surface area (Å²) in [5.74, 6) is 2.19. The number of hydrogen-bond acceptors (Lipinski definition) is 5. The summed E-state index contributed by atoms with van der Waals surface area (Å²) >= 11 is 1.75. The third kappa shape index (κ3) is 5.80. The number of nitrogens with one attached hydrogen (secondary N) is 1. The number of carbonyl (C=O) groups excluding carboxylic acids is 1. The Labute approximate surface area is 223 Å². The second kappa shape index (κ2) is 11.0. The highest BCUT2D eigenvalue weighted by molar-refractivity contribution is 7.12. The van der Waals surface area contributed by atoms with Crippen molar-refractivity contribution in [3.63, 3.8) is 0 Å². The first-order valence-electron chi connectivity index (χ1n) is 13.6. The monoisotopic (exact) mass is 523 g/mol. The number of piperidine rings is 1. The van der Waals surface area contributed by atoms with Crippen LogP contribution in [0.25, 0.3) is 0 Å². The summed E-state index contributed by atoms with van der Waals surface area (Å²) in [6.45, 7) is 9.55. The molecule has 0 radical (unpaired) electrons. The van der Waals surface area contributed by atoms with Gasteiger partial charge in [-0.25, -0.2) is 4.39 Å². The molecule has 2 saturated heterocycles. The number of halogens is 1. The van der Waals surface area contributed by atoms with Crippen LogP contribution in [0.3, 0.4) is 0 Å². The first-order valence-corrected chi connectivity index (χ1v) is 14.4. The molecule has 2 aromatic heterocycles. The Bertz CT molecular complexity index is 1210. The fourth-order valence-electron chi connectivity index (χ4n) is 6.29. The number of rotatable bonds is 9. The van der Waals surface area contributed by atoms with Gasteiger partial charge in [0.1, 0.15) is 17.5 Å². The number of hydrogen-bond donors (Lipinski definition) is 1. The molecule has 2 aliphatic heterocycles. The van der Waals surface area contributed by atoms with Crippen molar-refractivity contribution < 1.29 is 9.18 Å². The Hall–Kier alpha value is -2.58. The van der Waals surface area contributed by atoms with Gasteiger partial charge in [0.25, 0.3) is 0 Å². The van der Waals surface area contributed by atoms with Gasteiger partial charge >= 0.3 is 0 Å². The predicted octanol–water partition coefficient (Wildman–Crippen LogP) is 5.88. The summed E-state index contributed by atoms with van der Waals surface area (Å²) in [5.41, 5.74) is 0.824. The van der Waals surface area contributed by atoms with Crippen molar-refractivity contribution in [2.24, 2.45) is 0 Å². The van der Waals surface area contributed by atoms with Gasteiger partial charge in [0.05, 0.1) is 12.5 Å². The zero-order chi connectivity index (χ0) is 26.1. The topological polar surface area (TPSA) is 63.1 Å². The maximum atomic E-state index is 13.3. The van der Waals surface area contributed by atoms with Crippen LogP contribution < -0.4 is 5.32 Å². The summed E-state index contributed by atoms with van der Waals surface area (Å²) < 4.78 is 15.7. The van der Waals surface area contributed by atoms with Gasteiger partial charge in [-0.05, 0) is 75.8 Å². The van der Waals surface area contributed by atoms with E-state index >= 15 is 0 Å². The average Bonchev–Trinajstić information content (AvgIpc) is 3.53. The third-order valence-corrected chi connectivity index (χ3v) is 9.14. The molecule has 4 heterocycles. The van der Waals surface area contributed by atoms with Crippen LogP contribution in [0.5, 0.6) is 0 Å². The molecular formula is C29H38FN5OS. The van der Waals surface area contributed by atoms with E-state index in [4.69, 9.17) is 0 Å². The molecule has 2 aliphatic rings. The second-order valence-corrected chi connectivity index (χ2v) is 12.4. The van der Waals surface area contributed by atoms with Crippen LogP contribution in [0.1, 0.15) is 90.9 Å². The van der Waals surface area contributed by atoms with Crippen LogP contribution in [0.4, 0.5) is 4.39 Å². The van der Waals surface area contributed by atoms with Crippen molar-refractivity contribution in [3.8, 4) is 0 Å². The lowest BCUT2D eigenvalue weighted by Crippen LogP contribution is -2.45. The van der Waals surface area contributed by atoms with Crippen molar-refractivity contribution in [1.29, 1.82) is 0 Å². The van der Waals surface area contributed by atoms with Crippen molar-refractivity contribution in [3.05, 3.63) is 69.2 Å². The largest absolute Gasteiger partial charge is 0.348 e. The highest BCUT2D eigenvalue weighted by atomic mass is 32.1. The highest BCUT2D eigenvalue weighted by Gasteiger charge is 2.42. The van der Waals surface area contributed by atoms with Crippen LogP contribution in [-0.4, -0.2) is 44.2 Å². The molecule has 1 N–H and O–H groups in total. The van der Waals surface area contributed by atoms with E-state index in [1.54, 1.807) is 23.5 Å². The Morgan fingerprint density at radius 3 is 2.38 bits per heavy atom. The van der Waals surface area contributed by atoms with E-state index in [1.165, 1.54) is 34.7 Å². The molecule has 1 aromatic carbocycles. The summed E-state index contributed by atoms with van der Waals surface area (Å²) in [7, 11) is 0. The van der Waals surface area contributed by atoms with Gasteiger partial charge in [-0.2, -0.15) is 0 Å². The number of thiophene rings is 1. The second-order valence-electron chi connectivity index (χ2n) is 11.0. The molecule has 3 atom stereocenters. The fourth-order valence-corrected chi connectivity index (χ4v) is 7.25. The normalized spacial score (nSPS) is 22.5. The lowest BCUT2D eigenvalue weighted by atomic mass is 9.95. The summed E-state index contributed by atoms with van der Waals surface area (Å²) in [5, 5.41) is 12.2. The number of aryl methyl sites for hydroxylation is 2. The molecule has 8 heteroatoms. The van der Waals surface area contributed by atoms with Crippen LogP contribution in [0.2, 0.25) is 0 Å². The summed E-state index contributed by atoms with van der Waals surface area (Å²) in [6, 6.07) is 12.0. The molecule has 37 heavy (non-hydrogen) atoms. The van der Waals surface area contributed by atoms with Crippen LogP contribution in [0.15, 0.2) is 36.4 Å². The maximum absolute atomic E-state index is 13.3. The Balaban J connectivity index is 1.25. The Morgan fingerprint density at radius 2 is 1.76 bits per heavy atom. The zero-order valence-electron chi connectivity index (χ0n) is 22.3. The molecule has 0 aliphatic carbocycles. The molecule has 0 saturated carbocycles. The number of fused-ring (bicyclic) bond motifs is 2. The molecule has 6 nitrogen and oxygen atoms in total. The summed E-state index contributed by atoms with van der Waals surface area (Å²) in [4.78, 5) is 18.1. The molecule has 198 valence electrons. The van der Waals surface area contributed by atoms with Crippen LogP contribution in [-0.2, 0) is 11.2 Å². The molecule has 2 bridgehead atoms. The Morgan fingerprint density at radius 1 is 1.05 bits per heavy atom. The molecular weight excluding hydrogens is 485 g/mol. The third-order valence-electron chi connectivity index (χ3n) is 8.03. The zero-order valence-corrected chi connectivity index (χ0v) is 23.1. The van der Waals surface area contributed by atoms with Gasteiger partial charge in [0.15, 0.2) is 0 Å². The maximum Gasteiger partial charge on any atom is 0.224 e. The molecule has 5 rings (SSSR count). The van der Waals surface area contributed by atoms with Gasteiger partial charge in [-0.3, -0.25) is 9.69 Å². The molecule has 3 aromatic rings. The number of carbonyl (C=O) groups is 1. The fraction of sp³-hybridized carbons (Fsp3) is 0.552. The van der Waals surface area contributed by atoms with Gasteiger partial charge in [-0.15, -0.1) is 21.5 Å². The summed E-state index contributed by atoms with van der Waals surface area (Å²) in [6.07, 6.45) is 5.88. The van der Waals surface area contributed by atoms with E-state index in [-0.39, 0.29) is 24.2 Å². The van der Waals surface area contributed by atoms with Crippen molar-refractivity contribution >= 4 is 17.2 Å². The van der Waals surface area contributed by atoms with Crippen molar-refractivity contribution in [2.75, 3.05) is 6.54 Å². The van der Waals surface area contributed by atoms with Crippen molar-refractivity contribution in [2.45, 2.75) is 96.3 Å². The molecule has 1 amide bonds. The molecule has 0 spiro atoms. The minimum Gasteiger partial charge on any atom is -0.348 e. The minimum atomic E-state index is -0.283. The number of benzene rings is 1. The first kappa shape index (κ1) is 26.0. The van der Waals surface area contributed by atoms with E-state index < -0.39 is 0 Å². The molecule has 2 unspecified atom stereocenters. The van der Waals surface area contributed by atoms with E-state index in [0.717, 1.165) is 43.0 Å². The van der Waals surface area contributed by atoms with Gasteiger partial charge in [0, 0.05) is 40.3 Å². The molecule has 2 fully saturated rings. The average molecular weight is 524 g/mol. The lowest BCUT2D eigenvalue weighted by Gasteiger charge is -2.40.